The molecule has 0 bridgehead atoms. The van der Waals surface area contributed by atoms with E-state index in [9.17, 15) is 15.3 Å². The van der Waals surface area contributed by atoms with Gasteiger partial charge in [-0.25, -0.2) is 0 Å². The van der Waals surface area contributed by atoms with E-state index in [0.29, 0.717) is 13.0 Å². The molecule has 84 valence electrons. The van der Waals surface area contributed by atoms with Crippen molar-refractivity contribution in [2.24, 2.45) is 0 Å². The first kappa shape index (κ1) is 11.9. The molecule has 0 spiro atoms. The van der Waals surface area contributed by atoms with Crippen molar-refractivity contribution < 1.29 is 15.3 Å². The molecule has 4 nitrogen and oxygen atoms in total. The van der Waals surface area contributed by atoms with Crippen LogP contribution in [0.1, 0.15) is 32.6 Å². The lowest BCUT2D eigenvalue weighted by atomic mass is 10.0. The van der Waals surface area contributed by atoms with Crippen molar-refractivity contribution in [3.63, 3.8) is 0 Å². The number of aliphatic hydroxyl groups excluding tert-OH is 3. The monoisotopic (exact) mass is 203 g/mol. The fourth-order valence-electron chi connectivity index (χ4n) is 1.85. The summed E-state index contributed by atoms with van der Waals surface area (Å²) in [6.07, 6.45) is 1.09. The molecule has 0 amide bonds. The topological polar surface area (TPSA) is 72.7 Å². The number of hydrogen-bond acceptors (Lipinski definition) is 4. The van der Waals surface area contributed by atoms with Crippen LogP contribution in [0.25, 0.3) is 0 Å². The Kier molecular flexibility index (Phi) is 4.81. The second-order valence-electron chi connectivity index (χ2n) is 4.11. The van der Waals surface area contributed by atoms with Gasteiger partial charge in [0, 0.05) is 12.6 Å². The molecule has 1 saturated heterocycles. The van der Waals surface area contributed by atoms with Crippen molar-refractivity contribution in [2.75, 3.05) is 6.54 Å². The maximum Gasteiger partial charge on any atom is 0.107 e. The Morgan fingerprint density at radius 3 is 2.57 bits per heavy atom. The maximum absolute atomic E-state index is 9.55. The smallest absolute Gasteiger partial charge is 0.107 e. The van der Waals surface area contributed by atoms with Gasteiger partial charge in [-0.05, 0) is 12.8 Å². The van der Waals surface area contributed by atoms with Crippen molar-refractivity contribution in [1.29, 1.82) is 0 Å². The molecular weight excluding hydrogens is 182 g/mol. The number of hydrogen-bond donors (Lipinski definition) is 4. The normalized spacial score (nSPS) is 39.4. The number of rotatable bonds is 3. The molecule has 1 rings (SSSR count). The molecule has 14 heavy (non-hydrogen) atoms. The molecule has 1 fully saturated rings. The van der Waals surface area contributed by atoms with E-state index in [-0.39, 0.29) is 6.04 Å². The highest BCUT2D eigenvalue weighted by Gasteiger charge is 2.30. The minimum Gasteiger partial charge on any atom is -0.390 e. The van der Waals surface area contributed by atoms with E-state index in [1.807, 2.05) is 0 Å². The van der Waals surface area contributed by atoms with Crippen molar-refractivity contribution >= 4 is 0 Å². The average Bonchev–Trinajstić information content (AvgIpc) is 2.29. The highest BCUT2D eigenvalue weighted by atomic mass is 16.4. The van der Waals surface area contributed by atoms with Crippen LogP contribution < -0.4 is 5.32 Å². The van der Waals surface area contributed by atoms with Crippen LogP contribution in [0.4, 0.5) is 0 Å². The molecule has 0 aromatic rings. The zero-order valence-electron chi connectivity index (χ0n) is 8.69. The Hall–Kier alpha value is -0.160. The molecule has 0 saturated carbocycles. The van der Waals surface area contributed by atoms with Crippen molar-refractivity contribution in [1.82, 2.24) is 5.32 Å². The summed E-state index contributed by atoms with van der Waals surface area (Å²) in [4.78, 5) is 0. The van der Waals surface area contributed by atoms with E-state index in [1.165, 1.54) is 0 Å². The zero-order valence-corrected chi connectivity index (χ0v) is 8.69. The first-order valence-corrected chi connectivity index (χ1v) is 5.42. The third-order valence-electron chi connectivity index (χ3n) is 2.84. The molecule has 1 aliphatic heterocycles. The van der Waals surface area contributed by atoms with Crippen molar-refractivity contribution in [2.45, 2.75) is 57.0 Å². The number of nitrogens with one attached hydrogen (secondary N) is 1. The summed E-state index contributed by atoms with van der Waals surface area (Å²) < 4.78 is 0. The summed E-state index contributed by atoms with van der Waals surface area (Å²) in [5.74, 6) is 0. The van der Waals surface area contributed by atoms with Gasteiger partial charge in [0.15, 0.2) is 0 Å². The van der Waals surface area contributed by atoms with E-state index >= 15 is 0 Å². The summed E-state index contributed by atoms with van der Waals surface area (Å²) in [5.41, 5.74) is 0. The Morgan fingerprint density at radius 1 is 1.21 bits per heavy atom. The van der Waals surface area contributed by atoms with Gasteiger partial charge in [0.2, 0.25) is 0 Å². The van der Waals surface area contributed by atoms with Gasteiger partial charge >= 0.3 is 0 Å². The van der Waals surface area contributed by atoms with Crippen molar-refractivity contribution in [3.8, 4) is 0 Å². The lowest BCUT2D eigenvalue weighted by molar-refractivity contribution is -0.0513. The standard InChI is InChI=1S/C10H21NO3/c1-2-3-4-7-5-8(12)10(14)9(13)6-11-7/h7-14H,2-6H2,1H3/t7-,8-,9+,10-/m1/s1. The lowest BCUT2D eigenvalue weighted by Crippen LogP contribution is -2.39. The first-order chi connectivity index (χ1) is 6.65. The Labute approximate surface area is 85.0 Å². The summed E-state index contributed by atoms with van der Waals surface area (Å²) >= 11 is 0. The highest BCUT2D eigenvalue weighted by Crippen LogP contribution is 2.15. The quantitative estimate of drug-likeness (QED) is 0.504. The fourth-order valence-corrected chi connectivity index (χ4v) is 1.85. The maximum atomic E-state index is 9.55. The van der Waals surface area contributed by atoms with E-state index in [1.54, 1.807) is 0 Å². The minimum absolute atomic E-state index is 0.219. The van der Waals surface area contributed by atoms with Crippen LogP contribution in [0.2, 0.25) is 0 Å². The molecule has 4 atom stereocenters. The predicted octanol–water partition coefficient (Wildman–Crippen LogP) is -0.379. The fraction of sp³-hybridized carbons (Fsp3) is 1.00. The van der Waals surface area contributed by atoms with Gasteiger partial charge in [-0.15, -0.1) is 0 Å². The van der Waals surface area contributed by atoms with Gasteiger partial charge in [0.25, 0.3) is 0 Å². The summed E-state index contributed by atoms with van der Waals surface area (Å²) in [6.45, 7) is 2.49. The minimum atomic E-state index is -1.01. The van der Waals surface area contributed by atoms with Crippen LogP contribution in [0.3, 0.4) is 0 Å². The number of unbranched alkanes of at least 4 members (excludes halogenated alkanes) is 1. The van der Waals surface area contributed by atoms with Gasteiger partial charge < -0.3 is 20.6 Å². The van der Waals surface area contributed by atoms with Crippen LogP contribution in [0.15, 0.2) is 0 Å². The van der Waals surface area contributed by atoms with Crippen LogP contribution >= 0.6 is 0 Å². The van der Waals surface area contributed by atoms with Gasteiger partial charge in [-0.1, -0.05) is 19.8 Å². The number of β-amino-alcohol motifs (C(OH)–C–C–N with tert-alkyl or cyclic N) is 1. The van der Waals surface area contributed by atoms with Crippen LogP contribution in [0, 0.1) is 0 Å². The molecule has 0 aromatic heterocycles. The van der Waals surface area contributed by atoms with E-state index in [2.05, 4.69) is 12.2 Å². The van der Waals surface area contributed by atoms with E-state index in [4.69, 9.17) is 0 Å². The lowest BCUT2D eigenvalue weighted by Gasteiger charge is -2.19. The SMILES string of the molecule is CCCC[C@@H]1C[C@@H](O)[C@@H](O)[C@@H](O)CN1. The van der Waals surface area contributed by atoms with E-state index in [0.717, 1.165) is 19.3 Å². The molecule has 0 radical (unpaired) electrons. The molecule has 1 aliphatic rings. The van der Waals surface area contributed by atoms with E-state index < -0.39 is 18.3 Å². The Bertz CT molecular complexity index is 165. The molecule has 1 heterocycles. The highest BCUT2D eigenvalue weighted by molar-refractivity contribution is 4.86. The molecule has 4 heteroatoms. The molecule has 0 unspecified atom stereocenters. The number of aliphatic hydroxyl groups is 3. The summed E-state index contributed by atoms with van der Waals surface area (Å²) in [5, 5.41) is 31.5. The molecule has 0 aromatic carbocycles. The third-order valence-corrected chi connectivity index (χ3v) is 2.84. The van der Waals surface area contributed by atoms with Crippen LogP contribution in [-0.4, -0.2) is 46.2 Å². The average molecular weight is 203 g/mol. The second kappa shape index (κ2) is 5.66. The molecule has 0 aliphatic carbocycles. The first-order valence-electron chi connectivity index (χ1n) is 5.42. The zero-order chi connectivity index (χ0) is 10.6. The third kappa shape index (κ3) is 3.20. The largest absolute Gasteiger partial charge is 0.390 e. The van der Waals surface area contributed by atoms with Crippen LogP contribution in [-0.2, 0) is 0 Å². The molecule has 4 N–H and O–H groups in total. The van der Waals surface area contributed by atoms with Crippen LogP contribution in [0.5, 0.6) is 0 Å². The Balaban J connectivity index is 2.41. The van der Waals surface area contributed by atoms with Gasteiger partial charge in [0.05, 0.1) is 12.2 Å². The second-order valence-corrected chi connectivity index (χ2v) is 4.11. The van der Waals surface area contributed by atoms with Gasteiger partial charge in [0.1, 0.15) is 6.10 Å². The molecular formula is C10H21NO3. The summed E-state index contributed by atoms with van der Waals surface area (Å²) in [7, 11) is 0. The van der Waals surface area contributed by atoms with Gasteiger partial charge in [-0.2, -0.15) is 0 Å². The summed E-state index contributed by atoms with van der Waals surface area (Å²) in [6, 6.07) is 0.219. The Morgan fingerprint density at radius 2 is 1.93 bits per heavy atom. The predicted molar refractivity (Wildman–Crippen MR) is 54.0 cm³/mol. The van der Waals surface area contributed by atoms with Gasteiger partial charge in [-0.3, -0.25) is 0 Å². The van der Waals surface area contributed by atoms with Crippen molar-refractivity contribution in [3.05, 3.63) is 0 Å².